The number of rotatable bonds is 5. The van der Waals surface area contributed by atoms with E-state index >= 15 is 0 Å². The Kier molecular flexibility index (Phi) is 5.04. The van der Waals surface area contributed by atoms with Gasteiger partial charge in [-0.05, 0) is 32.0 Å². The highest BCUT2D eigenvalue weighted by atomic mass is 16.5. The molecule has 9 heteroatoms. The van der Waals surface area contributed by atoms with Gasteiger partial charge in [0, 0.05) is 37.8 Å². The van der Waals surface area contributed by atoms with E-state index in [1.165, 1.54) is 0 Å². The quantitative estimate of drug-likeness (QED) is 0.660. The standard InChI is InChI=1S/C22H27N5O4/c1-13-11-29-9-7-27(13)21-16-12-30-22(2,6-8-28-3)18(16)24-20(25-21)14-4-5-17-15(10-14)19(23)26-31-17/h4-5,10,13H,6-9,11-12H2,1-3H3,(H2,23,26). The molecule has 1 fully saturated rings. The first-order valence-corrected chi connectivity index (χ1v) is 10.5. The normalized spacial score (nSPS) is 23.5. The fourth-order valence-electron chi connectivity index (χ4n) is 4.33. The van der Waals surface area contributed by atoms with E-state index in [0.717, 1.165) is 34.6 Å². The van der Waals surface area contributed by atoms with Gasteiger partial charge in [0.15, 0.2) is 17.2 Å². The van der Waals surface area contributed by atoms with Crippen molar-refractivity contribution in [1.29, 1.82) is 0 Å². The van der Waals surface area contributed by atoms with Crippen molar-refractivity contribution in [3.8, 4) is 11.4 Å². The van der Waals surface area contributed by atoms with Gasteiger partial charge in [0.05, 0.1) is 36.9 Å². The summed E-state index contributed by atoms with van der Waals surface area (Å²) in [4.78, 5) is 12.3. The minimum absolute atomic E-state index is 0.211. The lowest BCUT2D eigenvalue weighted by Crippen LogP contribution is -2.44. The lowest BCUT2D eigenvalue weighted by atomic mass is 9.96. The van der Waals surface area contributed by atoms with Crippen LogP contribution < -0.4 is 10.6 Å². The van der Waals surface area contributed by atoms with Crippen molar-refractivity contribution in [2.24, 2.45) is 0 Å². The maximum atomic E-state index is 6.26. The van der Waals surface area contributed by atoms with Crippen LogP contribution in [0.2, 0.25) is 0 Å². The van der Waals surface area contributed by atoms with E-state index in [-0.39, 0.29) is 6.04 Å². The van der Waals surface area contributed by atoms with Gasteiger partial charge in [-0.2, -0.15) is 0 Å². The maximum absolute atomic E-state index is 6.26. The van der Waals surface area contributed by atoms with Gasteiger partial charge in [0.2, 0.25) is 0 Å². The third-order valence-electron chi connectivity index (χ3n) is 6.20. The van der Waals surface area contributed by atoms with Crippen LogP contribution in [0.15, 0.2) is 22.7 Å². The van der Waals surface area contributed by atoms with Crippen molar-refractivity contribution in [2.75, 3.05) is 44.1 Å². The van der Waals surface area contributed by atoms with Crippen molar-refractivity contribution in [2.45, 2.75) is 38.5 Å². The Hall–Kier alpha value is -2.75. The predicted molar refractivity (Wildman–Crippen MR) is 116 cm³/mol. The largest absolute Gasteiger partial charge is 0.385 e. The summed E-state index contributed by atoms with van der Waals surface area (Å²) in [5.41, 5.74) is 8.89. The lowest BCUT2D eigenvalue weighted by Gasteiger charge is -2.35. The summed E-state index contributed by atoms with van der Waals surface area (Å²) < 4.78 is 22.5. The molecule has 0 amide bonds. The molecule has 164 valence electrons. The molecule has 2 N–H and O–H groups in total. The average Bonchev–Trinajstić information content (AvgIpc) is 3.32. The molecule has 9 nitrogen and oxygen atoms in total. The Morgan fingerprint density at radius 1 is 1.32 bits per heavy atom. The third-order valence-corrected chi connectivity index (χ3v) is 6.20. The van der Waals surface area contributed by atoms with Crippen LogP contribution in [0, 0.1) is 0 Å². The zero-order chi connectivity index (χ0) is 21.6. The van der Waals surface area contributed by atoms with Crippen LogP contribution in [0.1, 0.15) is 31.5 Å². The average molecular weight is 425 g/mol. The number of anilines is 2. The van der Waals surface area contributed by atoms with E-state index in [1.54, 1.807) is 7.11 Å². The molecule has 0 aliphatic carbocycles. The smallest absolute Gasteiger partial charge is 0.174 e. The van der Waals surface area contributed by atoms with Gasteiger partial charge in [-0.3, -0.25) is 0 Å². The van der Waals surface area contributed by atoms with Gasteiger partial charge < -0.3 is 29.4 Å². The van der Waals surface area contributed by atoms with Crippen LogP contribution in [0.5, 0.6) is 0 Å². The van der Waals surface area contributed by atoms with Gasteiger partial charge in [-0.25, -0.2) is 9.97 Å². The molecule has 3 aromatic rings. The van der Waals surface area contributed by atoms with Crippen LogP contribution in [-0.4, -0.2) is 54.6 Å². The highest BCUT2D eigenvalue weighted by molar-refractivity contribution is 5.90. The predicted octanol–water partition coefficient (Wildman–Crippen LogP) is 2.87. The van der Waals surface area contributed by atoms with Gasteiger partial charge in [0.1, 0.15) is 11.4 Å². The molecule has 2 atom stereocenters. The Bertz CT molecular complexity index is 1120. The van der Waals surface area contributed by atoms with Crippen molar-refractivity contribution in [3.63, 3.8) is 0 Å². The van der Waals surface area contributed by atoms with Gasteiger partial charge in [-0.1, -0.05) is 5.16 Å². The number of nitrogens with zero attached hydrogens (tertiary/aromatic N) is 4. The summed E-state index contributed by atoms with van der Waals surface area (Å²) in [6.45, 7) is 7.40. The van der Waals surface area contributed by atoms with Crippen LogP contribution in [0.25, 0.3) is 22.4 Å². The monoisotopic (exact) mass is 425 g/mol. The fraction of sp³-hybridized carbons (Fsp3) is 0.500. The minimum atomic E-state index is -0.534. The van der Waals surface area contributed by atoms with E-state index in [2.05, 4.69) is 23.9 Å². The Balaban J connectivity index is 1.67. The number of morpholine rings is 1. The highest BCUT2D eigenvalue weighted by Crippen LogP contribution is 2.43. The molecule has 0 spiro atoms. The second kappa shape index (κ2) is 7.74. The molecule has 2 aromatic heterocycles. The number of aromatic nitrogens is 3. The van der Waals surface area contributed by atoms with Crippen LogP contribution >= 0.6 is 0 Å². The summed E-state index contributed by atoms with van der Waals surface area (Å²) in [5.74, 6) is 1.90. The SMILES string of the molecule is COCCC1(C)OCc2c(N3CCOCC3C)nc(-c3ccc4onc(N)c4c3)nc21. The first-order valence-electron chi connectivity index (χ1n) is 10.5. The molecule has 0 radical (unpaired) electrons. The molecular weight excluding hydrogens is 398 g/mol. The molecule has 2 aliphatic rings. The van der Waals surface area contributed by atoms with Crippen molar-refractivity contribution in [3.05, 3.63) is 29.5 Å². The number of ether oxygens (including phenoxy) is 3. The number of benzene rings is 1. The van der Waals surface area contributed by atoms with E-state index in [0.29, 0.717) is 50.1 Å². The molecule has 5 rings (SSSR count). The summed E-state index contributed by atoms with van der Waals surface area (Å²) >= 11 is 0. The van der Waals surface area contributed by atoms with Crippen molar-refractivity contribution >= 4 is 22.6 Å². The highest BCUT2D eigenvalue weighted by Gasteiger charge is 2.41. The minimum Gasteiger partial charge on any atom is -0.385 e. The van der Waals surface area contributed by atoms with E-state index in [4.69, 9.17) is 34.4 Å². The molecule has 2 unspecified atom stereocenters. The molecular formula is C22H27N5O4. The van der Waals surface area contributed by atoms with Gasteiger partial charge in [-0.15, -0.1) is 0 Å². The number of hydrogen-bond donors (Lipinski definition) is 1. The number of fused-ring (bicyclic) bond motifs is 2. The second-order valence-electron chi connectivity index (χ2n) is 8.36. The van der Waals surface area contributed by atoms with Crippen LogP contribution in [0.4, 0.5) is 11.6 Å². The topological polar surface area (TPSA) is 109 Å². The van der Waals surface area contributed by atoms with Crippen LogP contribution in [0.3, 0.4) is 0 Å². The molecule has 31 heavy (non-hydrogen) atoms. The number of methoxy groups -OCH3 is 1. The number of nitrogens with two attached hydrogens (primary N) is 1. The Morgan fingerprint density at radius 3 is 3.00 bits per heavy atom. The zero-order valence-electron chi connectivity index (χ0n) is 18.1. The third kappa shape index (κ3) is 3.42. The van der Waals surface area contributed by atoms with Gasteiger partial charge in [0.25, 0.3) is 0 Å². The zero-order valence-corrected chi connectivity index (χ0v) is 18.1. The Morgan fingerprint density at radius 2 is 2.19 bits per heavy atom. The van der Waals surface area contributed by atoms with E-state index in [9.17, 15) is 0 Å². The van der Waals surface area contributed by atoms with Crippen molar-refractivity contribution < 1.29 is 18.7 Å². The lowest BCUT2D eigenvalue weighted by molar-refractivity contribution is -0.0448. The molecule has 2 aliphatic heterocycles. The van der Waals surface area contributed by atoms with E-state index in [1.807, 2.05) is 18.2 Å². The Labute approximate surface area is 180 Å². The molecule has 0 bridgehead atoms. The first-order chi connectivity index (χ1) is 15.0. The fourth-order valence-corrected chi connectivity index (χ4v) is 4.33. The summed E-state index contributed by atoms with van der Waals surface area (Å²) in [7, 11) is 1.70. The second-order valence-corrected chi connectivity index (χ2v) is 8.36. The maximum Gasteiger partial charge on any atom is 0.174 e. The molecule has 4 heterocycles. The molecule has 1 aromatic carbocycles. The summed E-state index contributed by atoms with van der Waals surface area (Å²) in [5, 5.41) is 4.60. The summed E-state index contributed by atoms with van der Waals surface area (Å²) in [6, 6.07) is 5.92. The van der Waals surface area contributed by atoms with Gasteiger partial charge >= 0.3 is 0 Å². The molecule has 1 saturated heterocycles. The number of hydrogen-bond acceptors (Lipinski definition) is 9. The van der Waals surface area contributed by atoms with Crippen LogP contribution in [-0.2, 0) is 26.4 Å². The molecule has 0 saturated carbocycles. The first kappa shape index (κ1) is 20.2. The summed E-state index contributed by atoms with van der Waals surface area (Å²) in [6.07, 6.45) is 0.711. The van der Waals surface area contributed by atoms with E-state index < -0.39 is 5.60 Å². The van der Waals surface area contributed by atoms with Crippen molar-refractivity contribution in [1.82, 2.24) is 15.1 Å². The number of nitrogen functional groups attached to an aromatic ring is 1.